The van der Waals surface area contributed by atoms with Crippen molar-refractivity contribution in [2.45, 2.75) is 6.54 Å². The van der Waals surface area contributed by atoms with Gasteiger partial charge in [0, 0.05) is 17.0 Å². The lowest BCUT2D eigenvalue weighted by Gasteiger charge is -2.02. The molecule has 0 atom stereocenters. The zero-order chi connectivity index (χ0) is 16.5. The fourth-order valence-electron chi connectivity index (χ4n) is 2.99. The predicted octanol–water partition coefficient (Wildman–Crippen LogP) is 2.96. The van der Waals surface area contributed by atoms with E-state index in [0.29, 0.717) is 16.5 Å². The number of hydrogen-bond acceptors (Lipinski definition) is 3. The molecule has 0 bridgehead atoms. The Bertz CT molecular complexity index is 1090. The first kappa shape index (κ1) is 14.3. The lowest BCUT2D eigenvalue weighted by Crippen LogP contribution is -2.30. The molecule has 4 nitrogen and oxygen atoms in total. The average molecular weight is 314 g/mol. The Kier molecular flexibility index (Phi) is 3.43. The van der Waals surface area contributed by atoms with Crippen LogP contribution in [0.4, 0.5) is 0 Å². The number of aromatic nitrogens is 2. The fraction of sp³-hybridized carbons (Fsp3) is 0.0500. The van der Waals surface area contributed by atoms with Gasteiger partial charge in [-0.1, -0.05) is 42.5 Å². The van der Waals surface area contributed by atoms with Crippen molar-refractivity contribution in [3.8, 4) is 0 Å². The second kappa shape index (κ2) is 5.74. The molecule has 24 heavy (non-hydrogen) atoms. The van der Waals surface area contributed by atoms with Gasteiger partial charge in [0.25, 0.3) is 11.1 Å². The summed E-state index contributed by atoms with van der Waals surface area (Å²) in [5.74, 6) is 0. The summed E-state index contributed by atoms with van der Waals surface area (Å²) in [5.41, 5.74) is 0.0889. The van der Waals surface area contributed by atoms with Crippen LogP contribution >= 0.6 is 0 Å². The molecule has 0 saturated carbocycles. The van der Waals surface area contributed by atoms with Crippen LogP contribution in [0.1, 0.15) is 5.69 Å². The first-order valence-corrected chi connectivity index (χ1v) is 7.70. The first-order chi connectivity index (χ1) is 11.8. The van der Waals surface area contributed by atoms with Crippen molar-refractivity contribution in [1.29, 1.82) is 0 Å². The summed E-state index contributed by atoms with van der Waals surface area (Å²) >= 11 is 0. The van der Waals surface area contributed by atoms with Crippen LogP contribution in [-0.4, -0.2) is 9.55 Å². The number of benzene rings is 2. The Morgan fingerprint density at radius 1 is 0.667 bits per heavy atom. The Morgan fingerprint density at radius 3 is 1.67 bits per heavy atom. The van der Waals surface area contributed by atoms with E-state index >= 15 is 0 Å². The summed E-state index contributed by atoms with van der Waals surface area (Å²) < 4.78 is 1.27. The molecule has 0 amide bonds. The van der Waals surface area contributed by atoms with Gasteiger partial charge in [-0.3, -0.25) is 19.1 Å². The molecule has 0 unspecified atom stereocenters. The Hall–Kier alpha value is -3.27. The highest BCUT2D eigenvalue weighted by atomic mass is 16.2. The third kappa shape index (κ3) is 2.29. The van der Waals surface area contributed by atoms with Crippen LogP contribution in [0.3, 0.4) is 0 Å². The normalized spacial score (nSPS) is 11.0. The van der Waals surface area contributed by atoms with Crippen LogP contribution in [0.15, 0.2) is 82.5 Å². The van der Waals surface area contributed by atoms with Crippen LogP contribution in [0.25, 0.3) is 21.5 Å². The molecule has 4 heteroatoms. The summed E-state index contributed by atoms with van der Waals surface area (Å²) in [6.07, 6.45) is 1.66. The second-order valence-electron chi connectivity index (χ2n) is 5.61. The minimum Gasteiger partial charge on any atom is -0.269 e. The SMILES string of the molecule is O=c1c2ccccc2c2ccccc2c(=O)n1Cc1ccccn1. The van der Waals surface area contributed by atoms with Gasteiger partial charge in [-0.05, 0) is 35.0 Å². The summed E-state index contributed by atoms with van der Waals surface area (Å²) in [4.78, 5) is 30.2. The van der Waals surface area contributed by atoms with Gasteiger partial charge in [0.2, 0.25) is 0 Å². The van der Waals surface area contributed by atoms with E-state index < -0.39 is 0 Å². The minimum atomic E-state index is -0.294. The summed E-state index contributed by atoms with van der Waals surface area (Å²) in [6.45, 7) is 0.154. The Balaban J connectivity index is 2.17. The maximum absolute atomic E-state index is 13.0. The molecule has 0 aliphatic carbocycles. The zero-order valence-electron chi connectivity index (χ0n) is 12.8. The molecule has 0 aliphatic heterocycles. The maximum atomic E-state index is 13.0. The van der Waals surface area contributed by atoms with Gasteiger partial charge in [-0.25, -0.2) is 0 Å². The molecule has 2 aromatic carbocycles. The van der Waals surface area contributed by atoms with Crippen molar-refractivity contribution in [3.63, 3.8) is 0 Å². The van der Waals surface area contributed by atoms with Crippen LogP contribution in [-0.2, 0) is 6.54 Å². The molecule has 0 N–H and O–H groups in total. The molecule has 0 radical (unpaired) electrons. The van der Waals surface area contributed by atoms with Crippen molar-refractivity contribution in [2.24, 2.45) is 0 Å². The molecule has 0 saturated heterocycles. The lowest BCUT2D eigenvalue weighted by molar-refractivity contribution is 0.728. The molecule has 116 valence electrons. The molecule has 0 fully saturated rings. The fourth-order valence-corrected chi connectivity index (χ4v) is 2.99. The molecule has 0 aliphatic rings. The van der Waals surface area contributed by atoms with Gasteiger partial charge in [-0.15, -0.1) is 0 Å². The lowest BCUT2D eigenvalue weighted by atomic mass is 10.1. The van der Waals surface area contributed by atoms with E-state index in [2.05, 4.69) is 4.98 Å². The number of hydrogen-bond donors (Lipinski definition) is 0. The predicted molar refractivity (Wildman–Crippen MR) is 95.3 cm³/mol. The van der Waals surface area contributed by atoms with Crippen molar-refractivity contribution >= 4 is 21.5 Å². The van der Waals surface area contributed by atoms with Crippen LogP contribution < -0.4 is 11.1 Å². The van der Waals surface area contributed by atoms with Gasteiger partial charge in [0.05, 0.1) is 12.2 Å². The largest absolute Gasteiger partial charge is 0.269 e. The van der Waals surface area contributed by atoms with Gasteiger partial charge < -0.3 is 0 Å². The molecule has 0 spiro atoms. The Morgan fingerprint density at radius 2 is 1.17 bits per heavy atom. The summed E-state index contributed by atoms with van der Waals surface area (Å²) in [6, 6.07) is 20.1. The van der Waals surface area contributed by atoms with Crippen molar-refractivity contribution in [2.75, 3.05) is 0 Å². The van der Waals surface area contributed by atoms with E-state index in [0.717, 1.165) is 10.8 Å². The van der Waals surface area contributed by atoms with E-state index in [4.69, 9.17) is 0 Å². The van der Waals surface area contributed by atoms with Crippen molar-refractivity contribution in [1.82, 2.24) is 9.55 Å². The number of nitrogens with zero attached hydrogens (tertiary/aromatic N) is 2. The topological polar surface area (TPSA) is 52.0 Å². The Labute approximate surface area is 137 Å². The highest BCUT2D eigenvalue weighted by Gasteiger charge is 2.11. The van der Waals surface area contributed by atoms with Crippen molar-refractivity contribution in [3.05, 3.63) is 99.3 Å². The quantitative estimate of drug-likeness (QED) is 0.571. The van der Waals surface area contributed by atoms with Gasteiger partial charge in [0.15, 0.2) is 0 Å². The minimum absolute atomic E-state index is 0.154. The van der Waals surface area contributed by atoms with Gasteiger partial charge >= 0.3 is 0 Å². The highest BCUT2D eigenvalue weighted by molar-refractivity contribution is 6.05. The van der Waals surface area contributed by atoms with E-state index in [-0.39, 0.29) is 17.7 Å². The second-order valence-corrected chi connectivity index (χ2v) is 5.61. The van der Waals surface area contributed by atoms with Crippen LogP contribution in [0.2, 0.25) is 0 Å². The third-order valence-corrected chi connectivity index (χ3v) is 4.14. The molecular weight excluding hydrogens is 300 g/mol. The van der Waals surface area contributed by atoms with E-state index in [1.54, 1.807) is 24.4 Å². The summed E-state index contributed by atoms with van der Waals surface area (Å²) in [7, 11) is 0. The number of pyridine rings is 1. The third-order valence-electron chi connectivity index (χ3n) is 4.14. The maximum Gasteiger partial charge on any atom is 0.261 e. The van der Waals surface area contributed by atoms with E-state index in [1.807, 2.05) is 48.5 Å². The monoisotopic (exact) mass is 314 g/mol. The van der Waals surface area contributed by atoms with Crippen LogP contribution in [0, 0.1) is 0 Å². The molecule has 2 aromatic heterocycles. The molecule has 4 rings (SSSR count). The van der Waals surface area contributed by atoms with E-state index in [1.165, 1.54) is 4.57 Å². The zero-order valence-corrected chi connectivity index (χ0v) is 12.8. The molecule has 4 aromatic rings. The average Bonchev–Trinajstić information content (AvgIpc) is 2.73. The van der Waals surface area contributed by atoms with Crippen molar-refractivity contribution < 1.29 is 0 Å². The standard InChI is InChI=1S/C20H14N2O2/c23-19-17-10-3-1-8-15(17)16-9-2-4-11-18(16)20(24)22(19)13-14-7-5-6-12-21-14/h1-12H,13H2. The summed E-state index contributed by atoms with van der Waals surface area (Å²) in [5, 5.41) is 2.64. The smallest absolute Gasteiger partial charge is 0.261 e. The highest BCUT2D eigenvalue weighted by Crippen LogP contribution is 2.19. The first-order valence-electron chi connectivity index (χ1n) is 7.70. The number of fused-ring (bicyclic) bond motifs is 3. The number of rotatable bonds is 2. The van der Waals surface area contributed by atoms with Gasteiger partial charge in [-0.2, -0.15) is 0 Å². The molecule has 2 heterocycles. The van der Waals surface area contributed by atoms with E-state index in [9.17, 15) is 9.59 Å². The van der Waals surface area contributed by atoms with Gasteiger partial charge in [0.1, 0.15) is 0 Å². The van der Waals surface area contributed by atoms with Crippen LogP contribution in [0.5, 0.6) is 0 Å². The molecular formula is C20H14N2O2.